The predicted octanol–water partition coefficient (Wildman–Crippen LogP) is 4.71. The second-order valence-corrected chi connectivity index (χ2v) is 7.09. The fourth-order valence-corrected chi connectivity index (χ4v) is 3.28. The molecular weight excluding hydrogens is 394 g/mol. The summed E-state index contributed by atoms with van der Waals surface area (Å²) in [6.07, 6.45) is 0. The lowest BCUT2D eigenvalue weighted by atomic mass is 10.1. The van der Waals surface area contributed by atoms with Crippen LogP contribution in [0.2, 0.25) is 0 Å². The summed E-state index contributed by atoms with van der Waals surface area (Å²) >= 11 is 0. The monoisotopic (exact) mass is 413 g/mol. The molecule has 4 rings (SSSR count). The average molecular weight is 413 g/mol. The quantitative estimate of drug-likeness (QED) is 0.377. The molecule has 1 amide bonds. The fraction of sp³-hybridized carbons (Fsp3) is 0.0870. The van der Waals surface area contributed by atoms with E-state index in [-0.39, 0.29) is 11.5 Å². The van der Waals surface area contributed by atoms with E-state index in [0.717, 1.165) is 22.4 Å². The van der Waals surface area contributed by atoms with E-state index in [4.69, 9.17) is 0 Å². The fourth-order valence-electron chi connectivity index (χ4n) is 3.28. The van der Waals surface area contributed by atoms with Crippen molar-refractivity contribution in [1.82, 2.24) is 14.8 Å². The van der Waals surface area contributed by atoms with Gasteiger partial charge in [0.25, 0.3) is 11.6 Å². The third-order valence-corrected chi connectivity index (χ3v) is 4.74. The molecule has 0 bridgehead atoms. The van der Waals surface area contributed by atoms with Gasteiger partial charge in [0.15, 0.2) is 5.82 Å². The maximum atomic E-state index is 12.8. The zero-order chi connectivity index (χ0) is 22.0. The normalized spacial score (nSPS) is 10.6. The molecule has 1 aromatic heterocycles. The molecule has 8 heteroatoms. The first-order valence-corrected chi connectivity index (χ1v) is 9.58. The Morgan fingerprint density at radius 1 is 1.00 bits per heavy atom. The minimum Gasteiger partial charge on any atom is -0.319 e. The number of carbonyl (C=O) groups excluding carboxylic acids is 1. The number of nitrogens with zero attached hydrogens (tertiary/aromatic N) is 4. The number of aromatic nitrogens is 3. The van der Waals surface area contributed by atoms with Gasteiger partial charge in [0, 0.05) is 23.4 Å². The summed E-state index contributed by atoms with van der Waals surface area (Å²) in [4.78, 5) is 27.8. The van der Waals surface area contributed by atoms with Crippen LogP contribution in [-0.2, 0) is 0 Å². The van der Waals surface area contributed by atoms with E-state index in [2.05, 4.69) is 15.4 Å². The van der Waals surface area contributed by atoms with Crippen molar-refractivity contribution in [2.45, 2.75) is 13.8 Å². The summed E-state index contributed by atoms with van der Waals surface area (Å²) in [5, 5.41) is 18.1. The Labute approximate surface area is 178 Å². The Balaban J connectivity index is 1.75. The van der Waals surface area contributed by atoms with Crippen molar-refractivity contribution in [3.63, 3.8) is 0 Å². The zero-order valence-corrected chi connectivity index (χ0v) is 16.9. The highest BCUT2D eigenvalue weighted by atomic mass is 16.6. The van der Waals surface area contributed by atoms with Crippen LogP contribution in [0.1, 0.15) is 21.7 Å². The lowest BCUT2D eigenvalue weighted by molar-refractivity contribution is -0.384. The molecule has 0 unspecified atom stereocenters. The van der Waals surface area contributed by atoms with E-state index in [1.165, 1.54) is 18.2 Å². The molecule has 0 aliphatic carbocycles. The Morgan fingerprint density at radius 2 is 1.77 bits per heavy atom. The number of hydrogen-bond donors (Lipinski definition) is 1. The standard InChI is InChI=1S/C23H19N5O3/c1-15-11-12-20(16(2)13-15)27-22(17-7-4-3-5-8-17)25-21(26-27)23(29)24-18-9-6-10-19(14-18)28(30)31/h3-14H,1-2H3,(H,24,29). The summed E-state index contributed by atoms with van der Waals surface area (Å²) in [6, 6.07) is 21.1. The number of benzene rings is 3. The molecule has 0 atom stereocenters. The van der Waals surface area contributed by atoms with E-state index in [1.54, 1.807) is 10.7 Å². The van der Waals surface area contributed by atoms with Crippen molar-refractivity contribution < 1.29 is 9.72 Å². The van der Waals surface area contributed by atoms with Crippen molar-refractivity contribution in [3.05, 3.63) is 99.9 Å². The number of nitrogens with one attached hydrogen (secondary N) is 1. The van der Waals surface area contributed by atoms with E-state index in [1.807, 2.05) is 62.4 Å². The number of hydrogen-bond acceptors (Lipinski definition) is 5. The van der Waals surface area contributed by atoms with Crippen LogP contribution in [-0.4, -0.2) is 25.6 Å². The van der Waals surface area contributed by atoms with Crippen LogP contribution >= 0.6 is 0 Å². The van der Waals surface area contributed by atoms with Gasteiger partial charge in [0.1, 0.15) is 0 Å². The minimum atomic E-state index is -0.554. The summed E-state index contributed by atoms with van der Waals surface area (Å²) in [7, 11) is 0. The third kappa shape index (κ3) is 4.18. The van der Waals surface area contributed by atoms with E-state index in [9.17, 15) is 14.9 Å². The van der Waals surface area contributed by atoms with Gasteiger partial charge < -0.3 is 5.32 Å². The van der Waals surface area contributed by atoms with E-state index < -0.39 is 10.8 Å². The molecule has 0 spiro atoms. The highest BCUT2D eigenvalue weighted by molar-refractivity contribution is 6.02. The van der Waals surface area contributed by atoms with Gasteiger partial charge in [-0.25, -0.2) is 9.67 Å². The molecule has 0 saturated carbocycles. The summed E-state index contributed by atoms with van der Waals surface area (Å²) < 4.78 is 1.65. The smallest absolute Gasteiger partial charge is 0.295 e. The maximum Gasteiger partial charge on any atom is 0.295 e. The Hall–Kier alpha value is -4.33. The Morgan fingerprint density at radius 3 is 2.48 bits per heavy atom. The number of anilines is 1. The average Bonchev–Trinajstić information content (AvgIpc) is 3.20. The first-order chi connectivity index (χ1) is 14.9. The summed E-state index contributed by atoms with van der Waals surface area (Å²) in [6.45, 7) is 3.98. The topological polar surface area (TPSA) is 103 Å². The van der Waals surface area contributed by atoms with Crippen LogP contribution in [0.25, 0.3) is 17.1 Å². The number of amides is 1. The second kappa shape index (κ2) is 8.19. The molecule has 0 saturated heterocycles. The van der Waals surface area contributed by atoms with Gasteiger partial charge in [-0.1, -0.05) is 54.1 Å². The highest BCUT2D eigenvalue weighted by Gasteiger charge is 2.20. The lowest BCUT2D eigenvalue weighted by Gasteiger charge is -2.09. The molecule has 0 fully saturated rings. The van der Waals surface area contributed by atoms with Gasteiger partial charge in [-0.15, -0.1) is 5.10 Å². The van der Waals surface area contributed by atoms with Crippen molar-refractivity contribution in [1.29, 1.82) is 0 Å². The van der Waals surface area contributed by atoms with Crippen molar-refractivity contribution in [2.75, 3.05) is 5.32 Å². The maximum absolute atomic E-state index is 12.8. The molecule has 1 heterocycles. The summed E-state index contributed by atoms with van der Waals surface area (Å²) in [5.41, 5.74) is 3.91. The second-order valence-electron chi connectivity index (χ2n) is 7.09. The van der Waals surface area contributed by atoms with Crippen LogP contribution in [0.4, 0.5) is 11.4 Å². The van der Waals surface area contributed by atoms with Gasteiger partial charge in [0.05, 0.1) is 10.6 Å². The van der Waals surface area contributed by atoms with E-state index >= 15 is 0 Å². The third-order valence-electron chi connectivity index (χ3n) is 4.74. The molecule has 31 heavy (non-hydrogen) atoms. The number of nitro benzene ring substituents is 1. The SMILES string of the molecule is Cc1ccc(-n2nc(C(=O)Nc3cccc([N+](=O)[O-])c3)nc2-c2ccccc2)c(C)c1. The van der Waals surface area contributed by atoms with Crippen LogP contribution in [0.15, 0.2) is 72.8 Å². The number of carbonyl (C=O) groups is 1. The molecule has 0 radical (unpaired) electrons. The first-order valence-electron chi connectivity index (χ1n) is 9.58. The number of non-ortho nitro benzene ring substituents is 1. The molecule has 8 nitrogen and oxygen atoms in total. The molecule has 1 N–H and O–H groups in total. The lowest BCUT2D eigenvalue weighted by Crippen LogP contribution is -2.14. The molecule has 154 valence electrons. The van der Waals surface area contributed by atoms with Gasteiger partial charge in [-0.05, 0) is 31.5 Å². The molecule has 0 aliphatic heterocycles. The molecular formula is C23H19N5O3. The van der Waals surface area contributed by atoms with Crippen LogP contribution in [0.5, 0.6) is 0 Å². The Bertz CT molecular complexity index is 1280. The van der Waals surface area contributed by atoms with Gasteiger partial charge in [-0.3, -0.25) is 14.9 Å². The largest absolute Gasteiger partial charge is 0.319 e. The predicted molar refractivity (Wildman–Crippen MR) is 117 cm³/mol. The zero-order valence-electron chi connectivity index (χ0n) is 16.9. The van der Waals surface area contributed by atoms with Crippen LogP contribution < -0.4 is 5.32 Å². The molecule has 3 aromatic carbocycles. The highest BCUT2D eigenvalue weighted by Crippen LogP contribution is 2.24. The Kier molecular flexibility index (Phi) is 5.28. The first kappa shape index (κ1) is 20.0. The number of nitro groups is 1. The molecule has 4 aromatic rings. The minimum absolute atomic E-state index is 0.0367. The van der Waals surface area contributed by atoms with Crippen molar-refractivity contribution >= 4 is 17.3 Å². The summed E-state index contributed by atoms with van der Waals surface area (Å²) in [5.74, 6) is -0.0664. The van der Waals surface area contributed by atoms with Crippen LogP contribution in [0, 0.1) is 24.0 Å². The van der Waals surface area contributed by atoms with E-state index in [0.29, 0.717) is 11.5 Å². The number of aryl methyl sites for hydroxylation is 2. The van der Waals surface area contributed by atoms with Crippen molar-refractivity contribution in [3.8, 4) is 17.1 Å². The van der Waals surface area contributed by atoms with Crippen molar-refractivity contribution in [2.24, 2.45) is 0 Å². The van der Waals surface area contributed by atoms with Gasteiger partial charge >= 0.3 is 0 Å². The number of rotatable bonds is 5. The van der Waals surface area contributed by atoms with Gasteiger partial charge in [0.2, 0.25) is 5.82 Å². The van der Waals surface area contributed by atoms with Gasteiger partial charge in [-0.2, -0.15) is 0 Å². The van der Waals surface area contributed by atoms with Crippen LogP contribution in [0.3, 0.4) is 0 Å². The molecule has 0 aliphatic rings.